The van der Waals surface area contributed by atoms with Crippen molar-refractivity contribution in [2.45, 2.75) is 19.4 Å². The number of rotatable bonds is 4. The zero-order chi connectivity index (χ0) is 14.5. The van der Waals surface area contributed by atoms with E-state index in [-0.39, 0.29) is 17.6 Å². The number of nitrogens with zero attached hydrogens (tertiary/aromatic N) is 1. The Morgan fingerprint density at radius 3 is 2.65 bits per heavy atom. The maximum atomic E-state index is 12.9. The number of benzene rings is 1. The maximum Gasteiger partial charge on any atom is 0.270 e. The predicted molar refractivity (Wildman–Crippen MR) is 76.3 cm³/mol. The molecule has 1 heterocycles. The number of halogens is 2. The van der Waals surface area contributed by atoms with Gasteiger partial charge in [0.2, 0.25) is 5.95 Å². The molecule has 0 aliphatic rings. The van der Waals surface area contributed by atoms with Crippen LogP contribution in [0, 0.1) is 5.95 Å². The number of hydrogen-bond acceptors (Lipinski definition) is 2. The topological polar surface area (TPSA) is 42.0 Å². The minimum absolute atomic E-state index is 0.0768. The van der Waals surface area contributed by atoms with Crippen LogP contribution in [0.4, 0.5) is 4.39 Å². The van der Waals surface area contributed by atoms with Gasteiger partial charge in [0.25, 0.3) is 5.91 Å². The summed E-state index contributed by atoms with van der Waals surface area (Å²) in [7, 11) is 0. The lowest BCUT2D eigenvalue weighted by atomic mass is 10.1. The molecule has 3 nitrogen and oxygen atoms in total. The van der Waals surface area contributed by atoms with Gasteiger partial charge in [-0.3, -0.25) is 4.79 Å². The first-order valence-corrected chi connectivity index (χ1v) is 6.60. The summed E-state index contributed by atoms with van der Waals surface area (Å²) >= 11 is 5.81. The Hall–Kier alpha value is -1.94. The number of amides is 1. The van der Waals surface area contributed by atoms with Gasteiger partial charge in [-0.15, -0.1) is 0 Å². The summed E-state index contributed by atoms with van der Waals surface area (Å²) < 4.78 is 12.9. The number of aromatic nitrogens is 1. The van der Waals surface area contributed by atoms with Gasteiger partial charge in [-0.2, -0.15) is 4.39 Å². The Bertz CT molecular complexity index is 601. The number of carbonyl (C=O) groups excluding carboxylic acids is 1. The standard InChI is InChI=1S/C15H14ClFN2O/c1-10(9-11-5-7-12(16)8-6-11)18-15(20)13-3-2-4-14(17)19-13/h2-8,10H,9H2,1H3,(H,18,20). The van der Waals surface area contributed by atoms with Crippen LogP contribution in [0.3, 0.4) is 0 Å². The number of pyridine rings is 1. The number of carbonyl (C=O) groups is 1. The van der Waals surface area contributed by atoms with E-state index in [1.807, 2.05) is 19.1 Å². The minimum Gasteiger partial charge on any atom is -0.348 e. The van der Waals surface area contributed by atoms with Crippen molar-refractivity contribution in [1.82, 2.24) is 10.3 Å². The fourth-order valence-corrected chi connectivity index (χ4v) is 1.98. The Morgan fingerprint density at radius 1 is 1.30 bits per heavy atom. The van der Waals surface area contributed by atoms with Crippen molar-refractivity contribution in [1.29, 1.82) is 0 Å². The van der Waals surface area contributed by atoms with Gasteiger partial charge in [0, 0.05) is 11.1 Å². The fourth-order valence-electron chi connectivity index (χ4n) is 1.86. The summed E-state index contributed by atoms with van der Waals surface area (Å²) in [5.74, 6) is -1.05. The molecule has 1 aromatic carbocycles. The Morgan fingerprint density at radius 2 is 2.00 bits per heavy atom. The van der Waals surface area contributed by atoms with Crippen LogP contribution in [0.15, 0.2) is 42.5 Å². The molecule has 0 radical (unpaired) electrons. The van der Waals surface area contributed by atoms with Crippen LogP contribution in [-0.2, 0) is 6.42 Å². The van der Waals surface area contributed by atoms with Crippen molar-refractivity contribution in [2.24, 2.45) is 0 Å². The Labute approximate surface area is 121 Å². The molecule has 0 aliphatic carbocycles. The van der Waals surface area contributed by atoms with Crippen molar-refractivity contribution >= 4 is 17.5 Å². The van der Waals surface area contributed by atoms with Crippen LogP contribution in [0.2, 0.25) is 5.02 Å². The lowest BCUT2D eigenvalue weighted by molar-refractivity contribution is 0.0934. The van der Waals surface area contributed by atoms with Gasteiger partial charge in [0.15, 0.2) is 0 Å². The van der Waals surface area contributed by atoms with E-state index in [4.69, 9.17) is 11.6 Å². The lowest BCUT2D eigenvalue weighted by Crippen LogP contribution is -2.34. The van der Waals surface area contributed by atoms with E-state index < -0.39 is 5.95 Å². The third-order valence-corrected chi connectivity index (χ3v) is 3.03. The zero-order valence-electron chi connectivity index (χ0n) is 10.9. The van der Waals surface area contributed by atoms with Gasteiger partial charge in [-0.05, 0) is 43.2 Å². The first-order chi connectivity index (χ1) is 9.54. The molecular weight excluding hydrogens is 279 g/mol. The molecular formula is C15H14ClFN2O. The minimum atomic E-state index is -0.664. The summed E-state index contributed by atoms with van der Waals surface area (Å²) in [6.45, 7) is 1.88. The highest BCUT2D eigenvalue weighted by molar-refractivity contribution is 6.30. The molecule has 0 saturated heterocycles. The molecule has 2 aromatic rings. The highest BCUT2D eigenvalue weighted by Gasteiger charge is 2.12. The molecule has 1 unspecified atom stereocenters. The summed E-state index contributed by atoms with van der Waals surface area (Å²) in [6.07, 6.45) is 0.665. The van der Waals surface area contributed by atoms with Crippen molar-refractivity contribution < 1.29 is 9.18 Å². The van der Waals surface area contributed by atoms with Crippen molar-refractivity contribution in [3.63, 3.8) is 0 Å². The molecule has 104 valence electrons. The van der Waals surface area contributed by atoms with E-state index >= 15 is 0 Å². The normalized spacial score (nSPS) is 11.9. The van der Waals surface area contributed by atoms with Gasteiger partial charge in [-0.1, -0.05) is 29.8 Å². The summed E-state index contributed by atoms with van der Waals surface area (Å²) in [5, 5.41) is 3.46. The third-order valence-electron chi connectivity index (χ3n) is 2.78. The molecule has 5 heteroatoms. The van der Waals surface area contributed by atoms with Crippen molar-refractivity contribution in [2.75, 3.05) is 0 Å². The van der Waals surface area contributed by atoms with Crippen LogP contribution in [-0.4, -0.2) is 16.9 Å². The molecule has 1 atom stereocenters. The maximum absolute atomic E-state index is 12.9. The van der Waals surface area contributed by atoms with Gasteiger partial charge in [0.05, 0.1) is 0 Å². The highest BCUT2D eigenvalue weighted by Crippen LogP contribution is 2.11. The molecule has 1 amide bonds. The number of hydrogen-bond donors (Lipinski definition) is 1. The smallest absolute Gasteiger partial charge is 0.270 e. The largest absolute Gasteiger partial charge is 0.348 e. The number of nitrogens with one attached hydrogen (secondary N) is 1. The lowest BCUT2D eigenvalue weighted by Gasteiger charge is -2.13. The van der Waals surface area contributed by atoms with Crippen molar-refractivity contribution in [3.8, 4) is 0 Å². The fraction of sp³-hybridized carbons (Fsp3) is 0.200. The average Bonchev–Trinajstić information content (AvgIpc) is 2.41. The molecule has 2 rings (SSSR count). The van der Waals surface area contributed by atoms with Crippen LogP contribution in [0.5, 0.6) is 0 Å². The van der Waals surface area contributed by atoms with Crippen molar-refractivity contribution in [3.05, 3.63) is 64.7 Å². The van der Waals surface area contributed by atoms with E-state index in [1.54, 1.807) is 12.1 Å². The molecule has 0 bridgehead atoms. The molecule has 0 saturated carbocycles. The molecule has 1 N–H and O–H groups in total. The Balaban J connectivity index is 1.95. The van der Waals surface area contributed by atoms with Gasteiger partial charge in [0.1, 0.15) is 5.69 Å². The van der Waals surface area contributed by atoms with Crippen LogP contribution >= 0.6 is 11.6 Å². The van der Waals surface area contributed by atoms with E-state index in [0.717, 1.165) is 5.56 Å². The molecule has 20 heavy (non-hydrogen) atoms. The predicted octanol–water partition coefficient (Wildman–Crippen LogP) is 3.24. The van der Waals surface area contributed by atoms with Crippen LogP contribution < -0.4 is 5.32 Å². The van der Waals surface area contributed by atoms with Gasteiger partial charge < -0.3 is 5.32 Å². The van der Waals surface area contributed by atoms with Crippen LogP contribution in [0.1, 0.15) is 23.0 Å². The van der Waals surface area contributed by atoms with E-state index in [9.17, 15) is 9.18 Å². The van der Waals surface area contributed by atoms with Gasteiger partial charge >= 0.3 is 0 Å². The van der Waals surface area contributed by atoms with E-state index in [1.165, 1.54) is 18.2 Å². The van der Waals surface area contributed by atoms with Crippen LogP contribution in [0.25, 0.3) is 0 Å². The molecule has 0 aliphatic heterocycles. The highest BCUT2D eigenvalue weighted by atomic mass is 35.5. The molecule has 0 spiro atoms. The SMILES string of the molecule is CC(Cc1ccc(Cl)cc1)NC(=O)c1cccc(F)n1. The zero-order valence-corrected chi connectivity index (χ0v) is 11.7. The first kappa shape index (κ1) is 14.5. The second-order valence-electron chi connectivity index (χ2n) is 4.55. The van der Waals surface area contributed by atoms with E-state index in [0.29, 0.717) is 11.4 Å². The summed E-state index contributed by atoms with van der Waals surface area (Å²) in [6, 6.07) is 11.5. The van der Waals surface area contributed by atoms with Gasteiger partial charge in [-0.25, -0.2) is 4.98 Å². The molecule has 0 fully saturated rings. The third kappa shape index (κ3) is 4.03. The Kier molecular flexibility index (Phi) is 4.69. The average molecular weight is 293 g/mol. The second kappa shape index (κ2) is 6.48. The summed E-state index contributed by atoms with van der Waals surface area (Å²) in [4.78, 5) is 15.4. The second-order valence-corrected chi connectivity index (χ2v) is 4.99. The first-order valence-electron chi connectivity index (χ1n) is 6.22. The van der Waals surface area contributed by atoms with E-state index in [2.05, 4.69) is 10.3 Å². The quantitative estimate of drug-likeness (QED) is 0.879. The monoisotopic (exact) mass is 292 g/mol. The molecule has 1 aromatic heterocycles. The summed E-state index contributed by atoms with van der Waals surface area (Å²) in [5.41, 5.74) is 1.14.